The van der Waals surface area contributed by atoms with Crippen molar-refractivity contribution in [1.82, 2.24) is 8.61 Å². The quantitative estimate of drug-likeness (QED) is 0.558. The highest BCUT2D eigenvalue weighted by Gasteiger charge is 2.36. The first kappa shape index (κ1) is 9.47. The molecule has 0 N–H and O–H groups in total. The molecule has 1 aliphatic rings. The van der Waals surface area contributed by atoms with Crippen molar-refractivity contribution in [1.29, 1.82) is 0 Å². The fraction of sp³-hybridized carbons (Fsp3) is 0.833. The van der Waals surface area contributed by atoms with Crippen molar-refractivity contribution in [2.24, 2.45) is 0 Å². The lowest BCUT2D eigenvalue weighted by Gasteiger charge is -2.15. The van der Waals surface area contributed by atoms with Gasteiger partial charge in [0, 0.05) is 20.0 Å². The van der Waals surface area contributed by atoms with Gasteiger partial charge < -0.3 is 0 Å². The van der Waals surface area contributed by atoms with Crippen molar-refractivity contribution in [3.63, 3.8) is 0 Å². The van der Waals surface area contributed by atoms with E-state index in [-0.39, 0.29) is 6.54 Å². The van der Waals surface area contributed by atoms with Crippen molar-refractivity contribution in [2.75, 3.05) is 19.6 Å². The summed E-state index contributed by atoms with van der Waals surface area (Å²) in [6, 6.07) is 0. The normalized spacial score (nSPS) is 23.0. The third-order valence-electron chi connectivity index (χ3n) is 1.86. The van der Waals surface area contributed by atoms with Gasteiger partial charge in [-0.2, -0.15) is 12.7 Å². The maximum Gasteiger partial charge on any atom is 0.306 e. The van der Waals surface area contributed by atoms with Crippen molar-refractivity contribution in [3.05, 3.63) is 0 Å². The van der Waals surface area contributed by atoms with Gasteiger partial charge in [-0.3, -0.25) is 4.79 Å². The summed E-state index contributed by atoms with van der Waals surface area (Å²) in [5.74, 6) is -0.411. The van der Waals surface area contributed by atoms with Crippen LogP contribution in [0.25, 0.3) is 0 Å². The van der Waals surface area contributed by atoms with Gasteiger partial charge in [0.2, 0.25) is 5.91 Å². The molecule has 12 heavy (non-hydrogen) atoms. The van der Waals surface area contributed by atoms with Gasteiger partial charge >= 0.3 is 10.2 Å². The van der Waals surface area contributed by atoms with Crippen LogP contribution in [0.3, 0.4) is 0 Å². The molecule has 0 bridgehead atoms. The van der Waals surface area contributed by atoms with E-state index in [2.05, 4.69) is 0 Å². The number of rotatable bonds is 1. The van der Waals surface area contributed by atoms with E-state index >= 15 is 0 Å². The number of amides is 1. The zero-order valence-electron chi connectivity index (χ0n) is 7.15. The zero-order chi connectivity index (χ0) is 9.35. The van der Waals surface area contributed by atoms with E-state index < -0.39 is 16.1 Å². The number of carbonyl (C=O) groups is 1. The standard InChI is InChI=1S/C6H12N2O3S/c1-3-7-4-5-8(6(2)9)12(7,10)11/h3-5H2,1-2H3. The Morgan fingerprint density at radius 2 is 2.00 bits per heavy atom. The number of nitrogens with zero attached hydrogens (tertiary/aromatic N) is 2. The summed E-state index contributed by atoms with van der Waals surface area (Å²) in [5.41, 5.74) is 0. The molecular weight excluding hydrogens is 180 g/mol. The largest absolute Gasteiger partial charge is 0.306 e. The highest BCUT2D eigenvalue weighted by Crippen LogP contribution is 2.15. The summed E-state index contributed by atoms with van der Waals surface area (Å²) in [6.07, 6.45) is 0. The molecule has 1 aliphatic heterocycles. The molecule has 1 saturated heterocycles. The number of likely N-dealkylation sites (N-methyl/N-ethyl adjacent to an activating group) is 1. The SMILES string of the molecule is CCN1CCN(C(C)=O)S1(=O)=O. The molecule has 0 unspecified atom stereocenters. The van der Waals surface area contributed by atoms with Crippen LogP contribution < -0.4 is 0 Å². The third kappa shape index (κ3) is 1.32. The van der Waals surface area contributed by atoms with E-state index in [1.165, 1.54) is 11.2 Å². The van der Waals surface area contributed by atoms with Gasteiger partial charge in [0.1, 0.15) is 0 Å². The smallest absolute Gasteiger partial charge is 0.274 e. The van der Waals surface area contributed by atoms with Gasteiger partial charge in [0.05, 0.1) is 6.54 Å². The van der Waals surface area contributed by atoms with Gasteiger partial charge in [0.15, 0.2) is 0 Å². The molecule has 5 nitrogen and oxygen atoms in total. The first-order valence-corrected chi connectivity index (χ1v) is 5.18. The van der Waals surface area contributed by atoms with Gasteiger partial charge in [0.25, 0.3) is 0 Å². The van der Waals surface area contributed by atoms with Crippen LogP contribution in [0.5, 0.6) is 0 Å². The van der Waals surface area contributed by atoms with E-state index in [1.54, 1.807) is 6.92 Å². The minimum atomic E-state index is -3.46. The molecule has 0 aromatic carbocycles. The van der Waals surface area contributed by atoms with Gasteiger partial charge in [-0.1, -0.05) is 6.92 Å². The molecular formula is C6H12N2O3S. The van der Waals surface area contributed by atoms with Crippen LogP contribution in [-0.2, 0) is 15.0 Å². The molecule has 1 fully saturated rings. The van der Waals surface area contributed by atoms with Crippen LogP contribution in [0.15, 0.2) is 0 Å². The summed E-state index contributed by atoms with van der Waals surface area (Å²) in [6.45, 7) is 4.13. The van der Waals surface area contributed by atoms with E-state index in [9.17, 15) is 13.2 Å². The molecule has 1 rings (SSSR count). The molecule has 1 heterocycles. The summed E-state index contributed by atoms with van der Waals surface area (Å²) in [7, 11) is -3.46. The molecule has 0 spiro atoms. The Morgan fingerprint density at radius 1 is 1.42 bits per heavy atom. The Morgan fingerprint density at radius 3 is 2.25 bits per heavy atom. The number of hydrogen-bond donors (Lipinski definition) is 0. The van der Waals surface area contributed by atoms with Crippen molar-refractivity contribution in [2.45, 2.75) is 13.8 Å². The Balaban J connectivity index is 2.93. The predicted octanol–water partition coefficient (Wildman–Crippen LogP) is -0.585. The van der Waals surface area contributed by atoms with Crippen LogP contribution in [0, 0.1) is 0 Å². The Kier molecular flexibility index (Phi) is 2.39. The lowest BCUT2D eigenvalue weighted by molar-refractivity contribution is -0.123. The minimum Gasteiger partial charge on any atom is -0.274 e. The fourth-order valence-corrected chi connectivity index (χ4v) is 2.77. The van der Waals surface area contributed by atoms with Crippen LogP contribution in [0.1, 0.15) is 13.8 Å². The lowest BCUT2D eigenvalue weighted by Crippen LogP contribution is -2.35. The monoisotopic (exact) mass is 192 g/mol. The highest BCUT2D eigenvalue weighted by molar-refractivity contribution is 7.87. The molecule has 0 aliphatic carbocycles. The summed E-state index contributed by atoms with van der Waals surface area (Å²) in [5, 5.41) is 0. The van der Waals surface area contributed by atoms with Crippen molar-refractivity contribution >= 4 is 16.1 Å². The lowest BCUT2D eigenvalue weighted by atomic mass is 10.5. The van der Waals surface area contributed by atoms with Gasteiger partial charge in [-0.05, 0) is 0 Å². The number of carbonyl (C=O) groups excluding carboxylic acids is 1. The first-order valence-electron chi connectivity index (χ1n) is 3.78. The Hall–Kier alpha value is -0.620. The van der Waals surface area contributed by atoms with E-state index in [1.807, 2.05) is 0 Å². The second-order valence-corrected chi connectivity index (χ2v) is 4.44. The summed E-state index contributed by atoms with van der Waals surface area (Å²) in [4.78, 5) is 10.8. The molecule has 0 aromatic rings. The first-order chi connectivity index (χ1) is 5.50. The van der Waals surface area contributed by atoms with Crippen LogP contribution >= 0.6 is 0 Å². The van der Waals surface area contributed by atoms with Crippen LogP contribution in [-0.4, -0.2) is 42.6 Å². The number of hydrogen-bond acceptors (Lipinski definition) is 3. The van der Waals surface area contributed by atoms with Crippen molar-refractivity contribution < 1.29 is 13.2 Å². The topological polar surface area (TPSA) is 57.7 Å². The second kappa shape index (κ2) is 3.02. The maximum absolute atomic E-state index is 11.4. The van der Waals surface area contributed by atoms with Crippen molar-refractivity contribution in [3.8, 4) is 0 Å². The summed E-state index contributed by atoms with van der Waals surface area (Å²) >= 11 is 0. The molecule has 6 heteroatoms. The average Bonchev–Trinajstić information content (AvgIpc) is 2.24. The average molecular weight is 192 g/mol. The zero-order valence-corrected chi connectivity index (χ0v) is 7.97. The maximum atomic E-state index is 11.4. The highest BCUT2D eigenvalue weighted by atomic mass is 32.2. The van der Waals surface area contributed by atoms with Gasteiger partial charge in [-0.15, -0.1) is 0 Å². The molecule has 0 aromatic heterocycles. The molecule has 70 valence electrons. The predicted molar refractivity (Wildman–Crippen MR) is 43.6 cm³/mol. The van der Waals surface area contributed by atoms with E-state index in [0.29, 0.717) is 13.1 Å². The van der Waals surface area contributed by atoms with Crippen LogP contribution in [0.2, 0.25) is 0 Å². The third-order valence-corrected chi connectivity index (χ3v) is 3.95. The Labute approximate surface area is 72.1 Å². The molecule has 0 radical (unpaired) electrons. The fourth-order valence-electron chi connectivity index (χ4n) is 1.21. The van der Waals surface area contributed by atoms with Gasteiger partial charge in [-0.25, -0.2) is 4.31 Å². The van der Waals surface area contributed by atoms with E-state index in [0.717, 1.165) is 4.31 Å². The second-order valence-electron chi connectivity index (χ2n) is 2.59. The molecule has 0 atom stereocenters. The Bertz CT molecular complexity index is 285. The summed E-state index contributed by atoms with van der Waals surface area (Å²) < 4.78 is 25.0. The van der Waals surface area contributed by atoms with Crippen LogP contribution in [0.4, 0.5) is 0 Å². The van der Waals surface area contributed by atoms with E-state index in [4.69, 9.17) is 0 Å². The molecule has 0 saturated carbocycles. The molecule has 1 amide bonds. The minimum absolute atomic E-state index is 0.283.